The molecule has 15 heavy (non-hydrogen) atoms. The van der Waals surface area contributed by atoms with Crippen molar-refractivity contribution in [3.63, 3.8) is 0 Å². The summed E-state index contributed by atoms with van der Waals surface area (Å²) in [6, 6.07) is 15.0. The third-order valence-electron chi connectivity index (χ3n) is 2.27. The van der Waals surface area contributed by atoms with Crippen LogP contribution in [0.3, 0.4) is 0 Å². The first-order valence-electron chi connectivity index (χ1n) is 4.70. The summed E-state index contributed by atoms with van der Waals surface area (Å²) in [4.78, 5) is 0. The highest BCUT2D eigenvalue weighted by Gasteiger charge is 1.98. The molecule has 0 unspecified atom stereocenters. The number of hydrogen-bond donors (Lipinski definition) is 0. The molecule has 0 saturated carbocycles. The molecule has 0 aliphatic heterocycles. The summed E-state index contributed by atoms with van der Waals surface area (Å²) in [5, 5.41) is 0.710. The molecule has 0 bridgehead atoms. The van der Waals surface area contributed by atoms with Crippen molar-refractivity contribution in [3.8, 4) is 11.1 Å². The van der Waals surface area contributed by atoms with Crippen molar-refractivity contribution in [2.45, 2.75) is 6.67 Å². The van der Waals surface area contributed by atoms with Gasteiger partial charge in [0.1, 0.15) is 6.67 Å². The van der Waals surface area contributed by atoms with E-state index in [0.717, 1.165) is 11.1 Å². The summed E-state index contributed by atoms with van der Waals surface area (Å²) < 4.78 is 12.3. The molecule has 0 amide bonds. The quantitative estimate of drug-likeness (QED) is 0.700. The van der Waals surface area contributed by atoms with Crippen LogP contribution in [0.5, 0.6) is 0 Å². The first kappa shape index (κ1) is 10.2. The average Bonchev–Trinajstić information content (AvgIpc) is 2.29. The molecule has 0 radical (unpaired) electrons. The minimum atomic E-state index is -0.421. The van der Waals surface area contributed by atoms with Gasteiger partial charge in [-0.15, -0.1) is 0 Å². The molecule has 0 atom stereocenters. The van der Waals surface area contributed by atoms with Crippen molar-refractivity contribution >= 4 is 11.6 Å². The smallest absolute Gasteiger partial charge is 0.115 e. The van der Waals surface area contributed by atoms with Crippen molar-refractivity contribution < 1.29 is 4.39 Å². The average molecular weight is 221 g/mol. The van der Waals surface area contributed by atoms with Gasteiger partial charge < -0.3 is 0 Å². The Morgan fingerprint density at radius 2 is 1.67 bits per heavy atom. The lowest BCUT2D eigenvalue weighted by atomic mass is 10.0. The van der Waals surface area contributed by atoms with E-state index in [4.69, 9.17) is 11.6 Å². The van der Waals surface area contributed by atoms with Crippen LogP contribution in [0, 0.1) is 0 Å². The van der Waals surface area contributed by atoms with Crippen molar-refractivity contribution in [2.24, 2.45) is 0 Å². The van der Waals surface area contributed by atoms with Gasteiger partial charge in [-0.05, 0) is 28.8 Å². The van der Waals surface area contributed by atoms with Gasteiger partial charge in [0.05, 0.1) is 0 Å². The predicted octanol–water partition coefficient (Wildman–Crippen LogP) is 4.48. The van der Waals surface area contributed by atoms with Crippen molar-refractivity contribution in [1.29, 1.82) is 0 Å². The van der Waals surface area contributed by atoms with E-state index in [-0.39, 0.29) is 0 Å². The maximum absolute atomic E-state index is 12.3. The standard InChI is InChI=1S/C13H10ClF/c14-13-3-1-2-12(8-13)11-6-4-10(9-15)5-7-11/h1-8H,9H2. The van der Waals surface area contributed by atoms with Gasteiger partial charge in [-0.25, -0.2) is 4.39 Å². The van der Waals surface area contributed by atoms with E-state index in [1.807, 2.05) is 36.4 Å². The van der Waals surface area contributed by atoms with Gasteiger partial charge in [0, 0.05) is 5.02 Å². The Labute approximate surface area is 93.3 Å². The fourth-order valence-electron chi connectivity index (χ4n) is 1.45. The van der Waals surface area contributed by atoms with Crippen LogP contribution in [0.1, 0.15) is 5.56 Å². The van der Waals surface area contributed by atoms with Gasteiger partial charge in [-0.3, -0.25) is 0 Å². The molecule has 0 N–H and O–H groups in total. The predicted molar refractivity (Wildman–Crippen MR) is 61.7 cm³/mol. The fraction of sp³-hybridized carbons (Fsp3) is 0.0769. The van der Waals surface area contributed by atoms with Gasteiger partial charge in [-0.1, -0.05) is 48.0 Å². The lowest BCUT2D eigenvalue weighted by molar-refractivity contribution is 0.485. The second kappa shape index (κ2) is 4.45. The lowest BCUT2D eigenvalue weighted by Crippen LogP contribution is -1.80. The molecular weight excluding hydrogens is 211 g/mol. The van der Waals surface area contributed by atoms with Crippen LogP contribution < -0.4 is 0 Å². The molecule has 0 nitrogen and oxygen atoms in total. The highest BCUT2D eigenvalue weighted by molar-refractivity contribution is 6.30. The molecule has 0 saturated heterocycles. The molecule has 0 heterocycles. The van der Waals surface area contributed by atoms with E-state index in [1.54, 1.807) is 12.1 Å². The number of benzene rings is 2. The minimum Gasteiger partial charge on any atom is -0.246 e. The molecule has 2 rings (SSSR count). The number of hydrogen-bond acceptors (Lipinski definition) is 0. The molecule has 0 aliphatic rings. The second-order valence-corrected chi connectivity index (χ2v) is 3.78. The maximum atomic E-state index is 12.3. The molecular formula is C13H10ClF. The van der Waals surface area contributed by atoms with Crippen LogP contribution in [0.25, 0.3) is 11.1 Å². The van der Waals surface area contributed by atoms with Crippen LogP contribution in [-0.2, 0) is 6.67 Å². The minimum absolute atomic E-state index is 0.421. The van der Waals surface area contributed by atoms with E-state index in [1.165, 1.54) is 0 Å². The van der Waals surface area contributed by atoms with E-state index >= 15 is 0 Å². The Morgan fingerprint density at radius 3 is 2.27 bits per heavy atom. The van der Waals surface area contributed by atoms with E-state index in [0.29, 0.717) is 10.6 Å². The highest BCUT2D eigenvalue weighted by Crippen LogP contribution is 2.23. The van der Waals surface area contributed by atoms with Crippen LogP contribution >= 0.6 is 11.6 Å². The zero-order chi connectivity index (χ0) is 10.7. The van der Waals surface area contributed by atoms with Crippen LogP contribution in [-0.4, -0.2) is 0 Å². The summed E-state index contributed by atoms with van der Waals surface area (Å²) >= 11 is 5.89. The van der Waals surface area contributed by atoms with Crippen LogP contribution in [0.4, 0.5) is 4.39 Å². The Hall–Kier alpha value is -1.34. The van der Waals surface area contributed by atoms with Gasteiger partial charge in [0.15, 0.2) is 0 Å². The largest absolute Gasteiger partial charge is 0.246 e. The summed E-state index contributed by atoms with van der Waals surface area (Å²) in [6.07, 6.45) is 0. The number of rotatable bonds is 2. The molecule has 0 fully saturated rings. The molecule has 2 aromatic carbocycles. The van der Waals surface area contributed by atoms with Gasteiger partial charge in [0.25, 0.3) is 0 Å². The first-order valence-corrected chi connectivity index (χ1v) is 5.08. The fourth-order valence-corrected chi connectivity index (χ4v) is 1.64. The third kappa shape index (κ3) is 2.37. The molecule has 76 valence electrons. The zero-order valence-electron chi connectivity index (χ0n) is 8.08. The molecule has 2 aromatic rings. The van der Waals surface area contributed by atoms with Gasteiger partial charge in [0.2, 0.25) is 0 Å². The van der Waals surface area contributed by atoms with Crippen LogP contribution in [0.15, 0.2) is 48.5 Å². The lowest BCUT2D eigenvalue weighted by Gasteiger charge is -2.02. The Balaban J connectivity index is 2.37. The third-order valence-corrected chi connectivity index (χ3v) is 2.50. The first-order chi connectivity index (χ1) is 7.29. The topological polar surface area (TPSA) is 0 Å². The normalized spacial score (nSPS) is 10.3. The van der Waals surface area contributed by atoms with Crippen molar-refractivity contribution in [1.82, 2.24) is 0 Å². The highest BCUT2D eigenvalue weighted by atomic mass is 35.5. The molecule has 0 spiro atoms. The Morgan fingerprint density at radius 1 is 0.933 bits per heavy atom. The summed E-state index contributed by atoms with van der Waals surface area (Å²) in [5.74, 6) is 0. The summed E-state index contributed by atoms with van der Waals surface area (Å²) in [7, 11) is 0. The van der Waals surface area contributed by atoms with Crippen LogP contribution in [0.2, 0.25) is 5.02 Å². The van der Waals surface area contributed by atoms with E-state index in [9.17, 15) is 4.39 Å². The van der Waals surface area contributed by atoms with Gasteiger partial charge in [-0.2, -0.15) is 0 Å². The Kier molecular flexibility index (Phi) is 3.02. The molecule has 2 heteroatoms. The molecule has 0 aromatic heterocycles. The SMILES string of the molecule is FCc1ccc(-c2cccc(Cl)c2)cc1. The van der Waals surface area contributed by atoms with Crippen molar-refractivity contribution in [2.75, 3.05) is 0 Å². The second-order valence-electron chi connectivity index (χ2n) is 3.34. The summed E-state index contributed by atoms with van der Waals surface area (Å²) in [6.45, 7) is -0.421. The number of halogens is 2. The Bertz CT molecular complexity index is 448. The van der Waals surface area contributed by atoms with E-state index in [2.05, 4.69) is 0 Å². The van der Waals surface area contributed by atoms with E-state index < -0.39 is 6.67 Å². The monoisotopic (exact) mass is 220 g/mol. The van der Waals surface area contributed by atoms with Gasteiger partial charge >= 0.3 is 0 Å². The maximum Gasteiger partial charge on any atom is 0.115 e. The number of alkyl halides is 1. The summed E-state index contributed by atoms with van der Waals surface area (Å²) in [5.41, 5.74) is 2.79. The van der Waals surface area contributed by atoms with Crippen molar-refractivity contribution in [3.05, 3.63) is 59.1 Å². The zero-order valence-corrected chi connectivity index (χ0v) is 8.84. The molecule has 0 aliphatic carbocycles.